The van der Waals surface area contributed by atoms with E-state index in [0.717, 1.165) is 37.5 Å². The Hall–Kier alpha value is -1.97. The number of carbonyl (C=O) groups is 3. The summed E-state index contributed by atoms with van der Waals surface area (Å²) in [6.45, 7) is 1.40. The Balaban J connectivity index is 1.39. The summed E-state index contributed by atoms with van der Waals surface area (Å²) in [5.74, 6) is 1.77. The lowest BCUT2D eigenvalue weighted by Gasteiger charge is -2.38. The summed E-state index contributed by atoms with van der Waals surface area (Å²) in [5, 5.41) is 10.00. The molecule has 2 saturated carbocycles. The van der Waals surface area contributed by atoms with E-state index in [4.69, 9.17) is 0 Å². The molecule has 0 aromatic heterocycles. The van der Waals surface area contributed by atoms with Crippen molar-refractivity contribution in [1.29, 1.82) is 0 Å². The number of Topliss-reactive ketones (excluding diaryl/α,β-unsaturated/α-hetero) is 3. The Bertz CT molecular complexity index is 751. The molecular weight excluding hydrogens is 364 g/mol. The minimum absolute atomic E-state index is 0.129. The van der Waals surface area contributed by atoms with Gasteiger partial charge >= 0.3 is 0 Å². The molecule has 29 heavy (non-hydrogen) atoms. The van der Waals surface area contributed by atoms with Gasteiger partial charge in [0.15, 0.2) is 11.6 Å². The lowest BCUT2D eigenvalue weighted by atomic mass is 9.66. The van der Waals surface area contributed by atoms with Gasteiger partial charge in [-0.3, -0.25) is 14.4 Å². The van der Waals surface area contributed by atoms with E-state index in [1.54, 1.807) is 12.1 Å². The molecule has 1 aromatic rings. The predicted molar refractivity (Wildman–Crippen MR) is 113 cm³/mol. The average Bonchev–Trinajstić information content (AvgIpc) is 2.72. The van der Waals surface area contributed by atoms with E-state index < -0.39 is 0 Å². The van der Waals surface area contributed by atoms with Crippen molar-refractivity contribution in [3.63, 3.8) is 0 Å². The van der Waals surface area contributed by atoms with Gasteiger partial charge in [-0.2, -0.15) is 0 Å². The number of benzene rings is 1. The standard InChI is InChI=1S/C25H34O4/c1-17(26)21-10-7-13-24(29)25(21)23(28)12-4-2-3-11-22(27)20-15-14-18-8-5-6-9-19(18)16-20/h7,10,13,18-20,29H,2-6,8-9,11-12,14-16H2,1H3. The molecule has 0 heterocycles. The quantitative estimate of drug-likeness (QED) is 0.415. The van der Waals surface area contributed by atoms with Crippen molar-refractivity contribution in [3.8, 4) is 5.75 Å². The van der Waals surface area contributed by atoms with E-state index >= 15 is 0 Å². The van der Waals surface area contributed by atoms with Crippen LogP contribution in [0.3, 0.4) is 0 Å². The van der Waals surface area contributed by atoms with Crippen molar-refractivity contribution < 1.29 is 19.5 Å². The predicted octanol–water partition coefficient (Wildman–Crippen LogP) is 5.90. The third kappa shape index (κ3) is 5.55. The van der Waals surface area contributed by atoms with Crippen LogP contribution < -0.4 is 0 Å². The van der Waals surface area contributed by atoms with Crippen molar-refractivity contribution in [2.24, 2.45) is 17.8 Å². The zero-order valence-electron chi connectivity index (χ0n) is 17.6. The Labute approximate surface area is 174 Å². The third-order valence-corrected chi connectivity index (χ3v) is 7.02. The van der Waals surface area contributed by atoms with Gasteiger partial charge < -0.3 is 5.11 Å². The molecule has 0 saturated heterocycles. The van der Waals surface area contributed by atoms with Gasteiger partial charge in [0.2, 0.25) is 0 Å². The summed E-state index contributed by atoms with van der Waals surface area (Å²) in [6.07, 6.45) is 12.0. The molecule has 3 atom stereocenters. The van der Waals surface area contributed by atoms with Gasteiger partial charge in [0, 0.05) is 24.3 Å². The average molecular weight is 399 g/mol. The second-order valence-electron chi connectivity index (χ2n) is 9.02. The summed E-state index contributed by atoms with van der Waals surface area (Å²) in [6, 6.07) is 4.60. The van der Waals surface area contributed by atoms with E-state index in [0.29, 0.717) is 25.0 Å². The molecule has 4 heteroatoms. The fourth-order valence-corrected chi connectivity index (χ4v) is 5.38. The lowest BCUT2D eigenvalue weighted by molar-refractivity contribution is -0.125. The van der Waals surface area contributed by atoms with Crippen molar-refractivity contribution >= 4 is 17.3 Å². The van der Waals surface area contributed by atoms with E-state index in [2.05, 4.69) is 0 Å². The second-order valence-corrected chi connectivity index (χ2v) is 9.02. The third-order valence-electron chi connectivity index (χ3n) is 7.02. The topological polar surface area (TPSA) is 71.4 Å². The highest BCUT2D eigenvalue weighted by molar-refractivity contribution is 6.09. The van der Waals surface area contributed by atoms with Gasteiger partial charge in [-0.15, -0.1) is 0 Å². The van der Waals surface area contributed by atoms with Crippen molar-refractivity contribution in [2.45, 2.75) is 84.0 Å². The summed E-state index contributed by atoms with van der Waals surface area (Å²) in [7, 11) is 0. The van der Waals surface area contributed by atoms with Gasteiger partial charge in [0.05, 0.1) is 5.56 Å². The second kappa shape index (κ2) is 10.2. The van der Waals surface area contributed by atoms with E-state index in [9.17, 15) is 19.5 Å². The number of unbranched alkanes of at least 4 members (excludes halogenated alkanes) is 2. The highest BCUT2D eigenvalue weighted by atomic mass is 16.3. The molecule has 158 valence electrons. The maximum atomic E-state index is 12.6. The fourth-order valence-electron chi connectivity index (χ4n) is 5.38. The van der Waals surface area contributed by atoms with Crippen molar-refractivity contribution in [2.75, 3.05) is 0 Å². The van der Waals surface area contributed by atoms with Crippen LogP contribution >= 0.6 is 0 Å². The minimum Gasteiger partial charge on any atom is -0.507 e. The number of carbonyl (C=O) groups excluding carboxylic acids is 3. The molecular formula is C25H34O4. The molecule has 3 unspecified atom stereocenters. The molecule has 2 fully saturated rings. The van der Waals surface area contributed by atoms with Gasteiger partial charge in [0.25, 0.3) is 0 Å². The van der Waals surface area contributed by atoms with E-state index in [1.165, 1.54) is 45.1 Å². The van der Waals surface area contributed by atoms with E-state index in [-0.39, 0.29) is 34.4 Å². The molecule has 1 aromatic carbocycles. The van der Waals surface area contributed by atoms with Gasteiger partial charge in [-0.05, 0) is 56.9 Å². The molecule has 2 aliphatic carbocycles. The number of fused-ring (bicyclic) bond motifs is 1. The number of hydrogen-bond acceptors (Lipinski definition) is 4. The zero-order chi connectivity index (χ0) is 20.8. The monoisotopic (exact) mass is 398 g/mol. The van der Waals surface area contributed by atoms with Crippen molar-refractivity contribution in [1.82, 2.24) is 0 Å². The van der Waals surface area contributed by atoms with Gasteiger partial charge in [-0.25, -0.2) is 0 Å². The van der Waals surface area contributed by atoms with Crippen LogP contribution in [0.15, 0.2) is 18.2 Å². The normalized spacial score (nSPS) is 24.0. The molecule has 0 spiro atoms. The van der Waals surface area contributed by atoms with Crippen molar-refractivity contribution in [3.05, 3.63) is 29.3 Å². The maximum absolute atomic E-state index is 12.6. The summed E-state index contributed by atoms with van der Waals surface area (Å²) in [4.78, 5) is 36.8. The number of hydrogen-bond donors (Lipinski definition) is 1. The smallest absolute Gasteiger partial charge is 0.167 e. The van der Waals surface area contributed by atoms with E-state index in [1.807, 2.05) is 0 Å². The summed E-state index contributed by atoms with van der Waals surface area (Å²) in [5.41, 5.74) is 0.420. The molecule has 1 N–H and O–H groups in total. The first kappa shape index (κ1) is 21.7. The van der Waals surface area contributed by atoms with Gasteiger partial charge in [-0.1, -0.05) is 44.2 Å². The fraction of sp³-hybridized carbons (Fsp3) is 0.640. The van der Waals surface area contributed by atoms with Crippen LogP contribution in [0, 0.1) is 17.8 Å². The molecule has 2 aliphatic rings. The highest BCUT2D eigenvalue weighted by Gasteiger charge is 2.34. The van der Waals surface area contributed by atoms with Crippen LogP contribution in [0.25, 0.3) is 0 Å². The largest absolute Gasteiger partial charge is 0.507 e. The SMILES string of the molecule is CC(=O)c1cccc(O)c1C(=O)CCCCCC(=O)C1CCC2CCCCC2C1. The summed E-state index contributed by atoms with van der Waals surface area (Å²) >= 11 is 0. The lowest BCUT2D eigenvalue weighted by Crippen LogP contribution is -2.31. The number of ketones is 3. The summed E-state index contributed by atoms with van der Waals surface area (Å²) < 4.78 is 0. The molecule has 0 radical (unpaired) electrons. The number of aromatic hydroxyl groups is 1. The van der Waals surface area contributed by atoms with Crippen LogP contribution in [0.2, 0.25) is 0 Å². The Morgan fingerprint density at radius 2 is 1.66 bits per heavy atom. The minimum atomic E-state index is -0.220. The molecule has 3 rings (SSSR count). The first-order chi connectivity index (χ1) is 14.0. The Kier molecular flexibility index (Phi) is 7.63. The Morgan fingerprint density at radius 1 is 0.931 bits per heavy atom. The highest BCUT2D eigenvalue weighted by Crippen LogP contribution is 2.43. The number of rotatable bonds is 9. The molecule has 0 bridgehead atoms. The number of phenolic OH excluding ortho intramolecular Hbond substituents is 1. The number of phenols is 1. The van der Waals surface area contributed by atoms with Gasteiger partial charge in [0.1, 0.15) is 11.5 Å². The van der Waals surface area contributed by atoms with Crippen LogP contribution in [0.1, 0.15) is 105 Å². The first-order valence-corrected chi connectivity index (χ1v) is 11.4. The zero-order valence-corrected chi connectivity index (χ0v) is 17.6. The molecule has 0 aliphatic heterocycles. The maximum Gasteiger partial charge on any atom is 0.167 e. The molecule has 0 amide bonds. The van der Waals surface area contributed by atoms with Crippen LogP contribution in [0.4, 0.5) is 0 Å². The van der Waals surface area contributed by atoms with Crippen LogP contribution in [-0.4, -0.2) is 22.5 Å². The first-order valence-electron chi connectivity index (χ1n) is 11.4. The Morgan fingerprint density at radius 3 is 2.41 bits per heavy atom. The van der Waals surface area contributed by atoms with Crippen LogP contribution in [-0.2, 0) is 4.79 Å². The molecule has 4 nitrogen and oxygen atoms in total. The van der Waals surface area contributed by atoms with Crippen LogP contribution in [0.5, 0.6) is 5.75 Å².